The van der Waals surface area contributed by atoms with E-state index in [9.17, 15) is 29.1 Å². The number of carboxylic acid groups (broad SMARTS) is 1. The van der Waals surface area contributed by atoms with Crippen LogP contribution in [0, 0.1) is 0 Å². The Bertz CT molecular complexity index is 1150. The smallest absolute Gasteiger partial charge is 0.407 e. The number of nitrogens with one attached hydrogen (secondary N) is 4. The van der Waals surface area contributed by atoms with Crippen molar-refractivity contribution in [2.45, 2.75) is 50.1 Å². The van der Waals surface area contributed by atoms with Gasteiger partial charge in [0.1, 0.15) is 18.7 Å². The molecule has 0 fully saturated rings. The predicted molar refractivity (Wildman–Crippen MR) is 156 cm³/mol. The summed E-state index contributed by atoms with van der Waals surface area (Å²) < 4.78 is 5.58. The molecule has 2 radical (unpaired) electrons. The largest absolute Gasteiger partial charge is 0.480 e. The topological polar surface area (TPSA) is 163 Å². The molecule has 2 amide bonds. The molecule has 0 aliphatic heterocycles. The molecule has 0 unspecified atom stereocenters. The van der Waals surface area contributed by atoms with E-state index in [4.69, 9.17) is 4.74 Å². The van der Waals surface area contributed by atoms with Crippen molar-refractivity contribution in [1.82, 2.24) is 21.1 Å². The summed E-state index contributed by atoms with van der Waals surface area (Å²) in [5.41, 5.74) is 4.28. The molecule has 0 saturated carbocycles. The van der Waals surface area contributed by atoms with Crippen LogP contribution in [0.15, 0.2) is 48.5 Å². The fraction of sp³-hybridized carbons (Fsp3) is 0.393. The SMILES string of the molecule is O=C[B]NCCCC[C@H](NC(=O)[C@H](CCCN[B]C=O)NC(=O)OCC1c2ccccc2-c2ccccc21)C(=O)O. The van der Waals surface area contributed by atoms with E-state index >= 15 is 0 Å². The van der Waals surface area contributed by atoms with Crippen LogP contribution < -0.4 is 21.1 Å². The predicted octanol–water partition coefficient (Wildman–Crippen LogP) is 1.21. The van der Waals surface area contributed by atoms with Crippen molar-refractivity contribution in [2.75, 3.05) is 19.7 Å². The van der Waals surface area contributed by atoms with E-state index in [0.29, 0.717) is 44.7 Å². The monoisotopic (exact) mass is 560 g/mol. The van der Waals surface area contributed by atoms with E-state index in [0.717, 1.165) is 22.3 Å². The number of aliphatic carboxylic acids is 1. The Morgan fingerprint density at radius 1 is 0.805 bits per heavy atom. The molecule has 5 N–H and O–H groups in total. The van der Waals surface area contributed by atoms with Gasteiger partial charge in [-0.25, -0.2) is 9.59 Å². The van der Waals surface area contributed by atoms with E-state index in [-0.39, 0.29) is 25.4 Å². The number of hydrogen-bond donors (Lipinski definition) is 5. The molecule has 0 aromatic heterocycles. The molecule has 2 aromatic carbocycles. The Morgan fingerprint density at radius 2 is 1.37 bits per heavy atom. The van der Waals surface area contributed by atoms with Gasteiger partial charge in [0.15, 0.2) is 0 Å². The quantitative estimate of drug-likeness (QED) is 0.0966. The van der Waals surface area contributed by atoms with Crippen molar-refractivity contribution in [2.24, 2.45) is 0 Å². The summed E-state index contributed by atoms with van der Waals surface area (Å²) in [6, 6.07) is 13.7. The van der Waals surface area contributed by atoms with Gasteiger partial charge in [-0.2, -0.15) is 0 Å². The zero-order valence-electron chi connectivity index (χ0n) is 22.7. The molecule has 0 bridgehead atoms. The molecular formula is C28H34B2N4O7. The van der Waals surface area contributed by atoms with Crippen molar-refractivity contribution >= 4 is 45.2 Å². The van der Waals surface area contributed by atoms with Gasteiger partial charge in [-0.1, -0.05) is 48.5 Å². The van der Waals surface area contributed by atoms with Gasteiger partial charge in [-0.15, -0.1) is 0 Å². The number of carbonyl (C=O) groups excluding carboxylic acids is 4. The standard InChI is InChI=1S/C28H34B2N4O7/c35-17-29-31-14-6-5-12-25(27(38)39)33-26(37)24(13-7-15-32-30-18-36)34-28(40)41-16-23-21-10-3-1-8-19(21)20-9-2-4-11-22(20)23/h1-4,8-11,17-18,23-25,31-32H,5-7,12-16H2,(H,33,37)(H,34,40)(H,38,39)/t24-,25-/m0/s1. The molecule has 1 aliphatic carbocycles. The minimum absolute atomic E-state index is 0.0668. The molecule has 2 aromatic rings. The normalized spacial score (nSPS) is 13.2. The summed E-state index contributed by atoms with van der Waals surface area (Å²) in [5, 5.41) is 20.3. The van der Waals surface area contributed by atoms with Crippen molar-refractivity contribution < 1.29 is 33.8 Å². The first-order valence-corrected chi connectivity index (χ1v) is 13.6. The number of amides is 2. The first kappa shape index (κ1) is 31.6. The zero-order valence-corrected chi connectivity index (χ0v) is 22.7. The van der Waals surface area contributed by atoms with E-state index in [1.807, 2.05) is 48.5 Å². The number of fused-ring (bicyclic) bond motifs is 3. The van der Waals surface area contributed by atoms with Gasteiger partial charge in [-0.3, -0.25) is 4.79 Å². The van der Waals surface area contributed by atoms with Crippen LogP contribution in [0.4, 0.5) is 4.79 Å². The second-order valence-corrected chi connectivity index (χ2v) is 9.57. The van der Waals surface area contributed by atoms with E-state index in [2.05, 4.69) is 21.1 Å². The molecule has 1 aliphatic rings. The Kier molecular flexibility index (Phi) is 13.1. The molecule has 214 valence electrons. The van der Waals surface area contributed by atoms with Crippen molar-refractivity contribution in [3.05, 3.63) is 59.7 Å². The Labute approximate surface area is 240 Å². The summed E-state index contributed by atoms with van der Waals surface area (Å²) in [7, 11) is 2.49. The van der Waals surface area contributed by atoms with Crippen molar-refractivity contribution in [3.8, 4) is 11.1 Å². The van der Waals surface area contributed by atoms with Crippen LogP contribution in [0.1, 0.15) is 49.1 Å². The second-order valence-electron chi connectivity index (χ2n) is 9.57. The lowest BCUT2D eigenvalue weighted by atomic mass is 9.98. The van der Waals surface area contributed by atoms with E-state index in [1.165, 1.54) is 14.8 Å². The van der Waals surface area contributed by atoms with E-state index in [1.54, 1.807) is 0 Å². The molecule has 11 nitrogen and oxygen atoms in total. The number of alkyl carbamates (subject to hydrolysis) is 1. The molecule has 0 heterocycles. The summed E-state index contributed by atoms with van der Waals surface area (Å²) in [4.78, 5) is 58.6. The third-order valence-corrected chi connectivity index (χ3v) is 6.82. The summed E-state index contributed by atoms with van der Waals surface area (Å²) in [6.07, 6.45) is 2.31. The van der Waals surface area contributed by atoms with Gasteiger partial charge in [-0.05, 0) is 67.4 Å². The summed E-state index contributed by atoms with van der Waals surface area (Å²) in [6.45, 7) is 0.940. The lowest BCUT2D eigenvalue weighted by Gasteiger charge is -2.22. The second kappa shape index (κ2) is 17.0. The maximum atomic E-state index is 13.1. The van der Waals surface area contributed by atoms with Gasteiger partial charge >= 0.3 is 12.1 Å². The minimum atomic E-state index is -1.19. The molecule has 0 saturated heterocycles. The third kappa shape index (κ3) is 9.58. The van der Waals surface area contributed by atoms with Crippen LogP contribution in [-0.4, -0.2) is 82.1 Å². The van der Waals surface area contributed by atoms with Gasteiger partial charge in [0, 0.05) is 5.92 Å². The van der Waals surface area contributed by atoms with Gasteiger partial charge in [0.05, 0.1) is 12.4 Å². The van der Waals surface area contributed by atoms with Crippen LogP contribution in [0.5, 0.6) is 0 Å². The number of hydrogen-bond acceptors (Lipinski definition) is 8. The van der Waals surface area contributed by atoms with Crippen molar-refractivity contribution in [1.29, 1.82) is 0 Å². The highest BCUT2D eigenvalue weighted by molar-refractivity contribution is 6.64. The Balaban J connectivity index is 1.59. The van der Waals surface area contributed by atoms with Crippen LogP contribution >= 0.6 is 0 Å². The third-order valence-electron chi connectivity index (χ3n) is 6.82. The average Bonchev–Trinajstić information content (AvgIpc) is 3.29. The van der Waals surface area contributed by atoms with Crippen LogP contribution in [0.3, 0.4) is 0 Å². The minimum Gasteiger partial charge on any atom is -0.480 e. The van der Waals surface area contributed by atoms with Crippen LogP contribution in [-0.2, 0) is 23.9 Å². The fourth-order valence-electron chi connectivity index (χ4n) is 4.83. The summed E-state index contributed by atoms with van der Waals surface area (Å²) >= 11 is 0. The van der Waals surface area contributed by atoms with Gasteiger partial charge < -0.3 is 40.5 Å². The van der Waals surface area contributed by atoms with E-state index < -0.39 is 30.1 Å². The highest BCUT2D eigenvalue weighted by Crippen LogP contribution is 2.44. The summed E-state index contributed by atoms with van der Waals surface area (Å²) in [5.74, 6) is -1.98. The molecule has 3 rings (SSSR count). The van der Waals surface area contributed by atoms with Gasteiger partial charge in [0.25, 0.3) is 14.8 Å². The number of unbranched alkanes of at least 4 members (excludes halogenated alkanes) is 1. The Morgan fingerprint density at radius 3 is 1.95 bits per heavy atom. The number of ether oxygens (including phenoxy) is 1. The number of carbonyl (C=O) groups is 5. The number of carboxylic acids is 1. The maximum absolute atomic E-state index is 13.1. The van der Waals surface area contributed by atoms with Gasteiger partial charge in [0.2, 0.25) is 5.91 Å². The van der Waals surface area contributed by atoms with Crippen molar-refractivity contribution in [3.63, 3.8) is 0 Å². The average molecular weight is 560 g/mol. The first-order chi connectivity index (χ1) is 20.0. The first-order valence-electron chi connectivity index (χ1n) is 13.6. The van der Waals surface area contributed by atoms with Crippen LogP contribution in [0.2, 0.25) is 0 Å². The van der Waals surface area contributed by atoms with Crippen LogP contribution in [0.25, 0.3) is 11.1 Å². The molecule has 0 spiro atoms. The lowest BCUT2D eigenvalue weighted by molar-refractivity contribution is -0.142. The fourth-order valence-corrected chi connectivity index (χ4v) is 4.83. The zero-order chi connectivity index (χ0) is 29.5. The lowest BCUT2D eigenvalue weighted by Crippen LogP contribution is -2.52. The molecule has 2 atom stereocenters. The maximum Gasteiger partial charge on any atom is 0.407 e. The Hall–Kier alpha value is -3.96. The highest BCUT2D eigenvalue weighted by Gasteiger charge is 2.30. The number of rotatable bonds is 19. The highest BCUT2D eigenvalue weighted by atomic mass is 16.5. The molecule has 41 heavy (non-hydrogen) atoms. The molecule has 13 heteroatoms. The number of benzene rings is 2. The molecular weight excluding hydrogens is 526 g/mol.